The van der Waals surface area contributed by atoms with E-state index in [9.17, 15) is 0 Å². The minimum atomic E-state index is 0. The summed E-state index contributed by atoms with van der Waals surface area (Å²) in [6.45, 7) is 3.15. The fourth-order valence-electron chi connectivity index (χ4n) is 2.85. The van der Waals surface area contributed by atoms with Crippen molar-refractivity contribution in [3.8, 4) is 10.8 Å². The van der Waals surface area contributed by atoms with E-state index < -0.39 is 0 Å². The number of hydrogen-bond acceptors (Lipinski definition) is 5. The van der Waals surface area contributed by atoms with Crippen LogP contribution in [-0.2, 0) is 13.1 Å². The number of aromatic nitrogens is 1. The van der Waals surface area contributed by atoms with Gasteiger partial charge in [0.15, 0.2) is 5.96 Å². The van der Waals surface area contributed by atoms with Crippen LogP contribution in [0.15, 0.2) is 61.9 Å². The summed E-state index contributed by atoms with van der Waals surface area (Å²) in [4.78, 5) is 9.77. The first-order valence-electron chi connectivity index (χ1n) is 8.64. The molecule has 0 aliphatic carbocycles. The summed E-state index contributed by atoms with van der Waals surface area (Å²) in [7, 11) is 1.74. The lowest BCUT2D eigenvalue weighted by atomic mass is 10.1. The Balaban J connectivity index is 0.00000225. The number of nitrogens with zero attached hydrogens (tertiary/aromatic N) is 2. The van der Waals surface area contributed by atoms with Crippen LogP contribution in [0, 0.1) is 6.92 Å². The third kappa shape index (κ3) is 4.39. The largest absolute Gasteiger partial charge is 0.459 e. The van der Waals surface area contributed by atoms with E-state index in [-0.39, 0.29) is 24.0 Å². The van der Waals surface area contributed by atoms with Crippen molar-refractivity contribution < 1.29 is 8.83 Å². The van der Waals surface area contributed by atoms with E-state index in [2.05, 4.69) is 33.6 Å². The molecule has 4 aromatic rings. The summed E-state index contributed by atoms with van der Waals surface area (Å²) in [5.41, 5.74) is 2.87. The van der Waals surface area contributed by atoms with Gasteiger partial charge in [-0.3, -0.25) is 4.99 Å². The van der Waals surface area contributed by atoms with Crippen LogP contribution in [0.25, 0.3) is 21.7 Å². The van der Waals surface area contributed by atoms with Crippen molar-refractivity contribution in [3.05, 3.63) is 65.1 Å². The van der Waals surface area contributed by atoms with Crippen molar-refractivity contribution >= 4 is 52.2 Å². The van der Waals surface area contributed by atoms with Gasteiger partial charge in [-0.2, -0.15) is 0 Å². The van der Waals surface area contributed by atoms with E-state index in [1.807, 2.05) is 35.7 Å². The number of nitrogens with one attached hydrogen (secondary N) is 2. The number of hydrogen-bond donors (Lipinski definition) is 2. The van der Waals surface area contributed by atoms with Crippen molar-refractivity contribution in [1.82, 2.24) is 15.6 Å². The summed E-state index contributed by atoms with van der Waals surface area (Å²) < 4.78 is 11.5. The van der Waals surface area contributed by atoms with Crippen LogP contribution in [0.4, 0.5) is 0 Å². The molecule has 8 heteroatoms. The predicted molar refractivity (Wildman–Crippen MR) is 123 cm³/mol. The van der Waals surface area contributed by atoms with Crippen LogP contribution < -0.4 is 10.6 Å². The zero-order valence-electron chi connectivity index (χ0n) is 15.6. The van der Waals surface area contributed by atoms with Gasteiger partial charge in [0.1, 0.15) is 17.6 Å². The number of halogens is 1. The number of rotatable bonds is 5. The molecule has 0 bridgehead atoms. The van der Waals surface area contributed by atoms with E-state index in [1.54, 1.807) is 24.6 Å². The second kappa shape index (κ2) is 9.24. The fourth-order valence-corrected chi connectivity index (χ4v) is 3.51. The summed E-state index contributed by atoms with van der Waals surface area (Å²) in [6, 6.07) is 12.0. The molecule has 4 rings (SSSR count). The second-order valence-corrected chi connectivity index (χ2v) is 6.99. The lowest BCUT2D eigenvalue weighted by Crippen LogP contribution is -2.36. The molecular formula is C20H21IN4O2S. The fraction of sp³-hybridized carbons (Fsp3) is 0.200. The number of para-hydroxylation sites is 1. The molecule has 28 heavy (non-hydrogen) atoms. The highest BCUT2D eigenvalue weighted by Gasteiger charge is 2.11. The number of furan rings is 1. The topological polar surface area (TPSA) is 75.6 Å². The molecule has 0 aliphatic rings. The molecule has 0 atom stereocenters. The minimum absolute atomic E-state index is 0. The van der Waals surface area contributed by atoms with Gasteiger partial charge in [-0.1, -0.05) is 24.3 Å². The van der Waals surface area contributed by atoms with Gasteiger partial charge >= 0.3 is 0 Å². The number of aliphatic imine (C=N–C) groups is 1. The molecule has 1 aromatic carbocycles. The first kappa shape index (κ1) is 20.4. The normalized spacial score (nSPS) is 11.4. The van der Waals surface area contributed by atoms with Gasteiger partial charge in [0.05, 0.1) is 23.7 Å². The van der Waals surface area contributed by atoms with Crippen molar-refractivity contribution in [3.63, 3.8) is 0 Å². The smallest absolute Gasteiger partial charge is 0.236 e. The minimum Gasteiger partial charge on any atom is -0.459 e. The molecule has 146 valence electrons. The first-order valence-corrected chi connectivity index (χ1v) is 9.52. The number of aryl methyl sites for hydroxylation is 1. The Morgan fingerprint density at radius 2 is 1.96 bits per heavy atom. The number of guanidine groups is 1. The molecule has 0 fully saturated rings. The molecular weight excluding hydrogens is 487 g/mol. The van der Waals surface area contributed by atoms with Gasteiger partial charge < -0.3 is 19.5 Å². The summed E-state index contributed by atoms with van der Waals surface area (Å²) in [6.07, 6.45) is 1.67. The average Bonchev–Trinajstić information content (AvgIpc) is 3.43. The molecule has 0 aliphatic heterocycles. The van der Waals surface area contributed by atoms with Crippen molar-refractivity contribution in [2.24, 2.45) is 4.99 Å². The Labute approximate surface area is 184 Å². The maximum atomic E-state index is 5.93. The van der Waals surface area contributed by atoms with E-state index in [0.29, 0.717) is 24.9 Å². The average molecular weight is 508 g/mol. The van der Waals surface area contributed by atoms with Crippen molar-refractivity contribution in [2.45, 2.75) is 20.0 Å². The number of thiophene rings is 1. The number of oxazole rings is 1. The maximum absolute atomic E-state index is 5.93. The molecule has 0 spiro atoms. The van der Waals surface area contributed by atoms with Gasteiger partial charge in [-0.05, 0) is 24.4 Å². The Morgan fingerprint density at radius 3 is 2.71 bits per heavy atom. The summed E-state index contributed by atoms with van der Waals surface area (Å²) in [5, 5.41) is 9.67. The molecule has 3 aromatic heterocycles. The summed E-state index contributed by atoms with van der Waals surface area (Å²) >= 11 is 1.60. The third-order valence-electron chi connectivity index (χ3n) is 4.30. The highest BCUT2D eigenvalue weighted by molar-refractivity contribution is 14.0. The molecule has 0 amide bonds. The van der Waals surface area contributed by atoms with E-state index in [0.717, 1.165) is 32.9 Å². The molecule has 0 saturated carbocycles. The molecule has 0 radical (unpaired) electrons. The second-order valence-electron chi connectivity index (χ2n) is 6.05. The lowest BCUT2D eigenvalue weighted by molar-refractivity contribution is 0.534. The van der Waals surface area contributed by atoms with E-state index >= 15 is 0 Å². The standard InChI is InChI=1S/C20H20N4O2S.HI/c1-13-15-6-3-4-7-16(15)26-17(13)11-23-20(21-2)22-10-14-12-25-19(24-14)18-8-5-9-27-18;/h3-9,12H,10-11H2,1-2H3,(H2,21,22,23);1H. The zero-order chi connectivity index (χ0) is 18.6. The first-order chi connectivity index (χ1) is 13.2. The van der Waals surface area contributed by atoms with Gasteiger partial charge in [0.2, 0.25) is 5.89 Å². The van der Waals surface area contributed by atoms with Gasteiger partial charge in [-0.15, -0.1) is 35.3 Å². The van der Waals surface area contributed by atoms with Gasteiger partial charge in [0.25, 0.3) is 0 Å². The van der Waals surface area contributed by atoms with Crippen LogP contribution in [0.5, 0.6) is 0 Å². The zero-order valence-corrected chi connectivity index (χ0v) is 18.7. The lowest BCUT2D eigenvalue weighted by Gasteiger charge is -2.10. The van der Waals surface area contributed by atoms with Crippen LogP contribution in [0.1, 0.15) is 17.0 Å². The quantitative estimate of drug-likeness (QED) is 0.227. The Morgan fingerprint density at radius 1 is 1.14 bits per heavy atom. The van der Waals surface area contributed by atoms with Crippen LogP contribution >= 0.6 is 35.3 Å². The predicted octanol–water partition coefficient (Wildman–Crippen LogP) is 4.94. The molecule has 2 N–H and O–H groups in total. The highest BCUT2D eigenvalue weighted by atomic mass is 127. The van der Waals surface area contributed by atoms with Gasteiger partial charge in [-0.25, -0.2) is 4.98 Å². The van der Waals surface area contributed by atoms with E-state index in [4.69, 9.17) is 8.83 Å². The third-order valence-corrected chi connectivity index (χ3v) is 5.16. The van der Waals surface area contributed by atoms with Crippen LogP contribution in [0.2, 0.25) is 0 Å². The molecule has 6 nitrogen and oxygen atoms in total. The number of benzene rings is 1. The van der Waals surface area contributed by atoms with E-state index in [1.165, 1.54) is 0 Å². The Hall–Kier alpha value is -2.33. The molecule has 0 saturated heterocycles. The summed E-state index contributed by atoms with van der Waals surface area (Å²) in [5.74, 6) is 2.22. The van der Waals surface area contributed by atoms with Crippen molar-refractivity contribution in [1.29, 1.82) is 0 Å². The monoisotopic (exact) mass is 508 g/mol. The van der Waals surface area contributed by atoms with Gasteiger partial charge in [0, 0.05) is 18.0 Å². The van der Waals surface area contributed by atoms with Crippen LogP contribution in [0.3, 0.4) is 0 Å². The maximum Gasteiger partial charge on any atom is 0.236 e. The highest BCUT2D eigenvalue weighted by Crippen LogP contribution is 2.25. The Bertz CT molecular complexity index is 1070. The number of fused-ring (bicyclic) bond motifs is 1. The SMILES string of the molecule is CN=C(NCc1coc(-c2cccs2)n1)NCc1oc2ccccc2c1C.I. The molecule has 0 unspecified atom stereocenters. The Kier molecular flexibility index (Phi) is 6.74. The van der Waals surface area contributed by atoms with Crippen molar-refractivity contribution in [2.75, 3.05) is 7.05 Å². The van der Waals surface area contributed by atoms with Crippen LogP contribution in [-0.4, -0.2) is 18.0 Å². The molecule has 3 heterocycles.